The number of aromatic amines is 1. The van der Waals surface area contributed by atoms with Crippen LogP contribution in [-0.4, -0.2) is 30.0 Å². The van der Waals surface area contributed by atoms with Gasteiger partial charge in [-0.05, 0) is 24.5 Å². The number of carbonyl (C=O) groups excluding carboxylic acids is 2. The zero-order valence-electron chi connectivity index (χ0n) is 22.8. The highest BCUT2D eigenvalue weighted by Crippen LogP contribution is 2.19. The molecule has 2 N–H and O–H groups in total. The molecule has 0 aliphatic rings. The van der Waals surface area contributed by atoms with Gasteiger partial charge in [0.15, 0.2) is 0 Å². The van der Waals surface area contributed by atoms with Gasteiger partial charge in [-0.2, -0.15) is 0 Å². The Hall–Kier alpha value is -2.30. The average molecular weight is 499 g/mol. The molecule has 0 unspecified atom stereocenters. The number of fused-ring (bicyclic) bond motifs is 1. The van der Waals surface area contributed by atoms with Crippen LogP contribution in [0, 0.1) is 0 Å². The summed E-state index contributed by atoms with van der Waals surface area (Å²) in [5.74, 6) is -0.170. The second-order valence-corrected chi connectivity index (χ2v) is 10.1. The lowest BCUT2D eigenvalue weighted by Crippen LogP contribution is -2.27. The number of esters is 1. The van der Waals surface area contributed by atoms with Crippen LogP contribution in [0.15, 0.2) is 30.5 Å². The Morgan fingerprint density at radius 2 is 1.36 bits per heavy atom. The standard InChI is InChI=1S/C31H50N2O3/c1-2-3-4-5-6-7-8-9-10-11-12-13-14-15-16-21-30(34)32-24-25-36-31(35)23-22-27-26-33-29-20-18-17-19-28(27)29/h17-20,26,33H,2-16,21-25H2,1H3,(H,32,34). The number of aryl methyl sites for hydroxylation is 1. The molecule has 1 aromatic carbocycles. The van der Waals surface area contributed by atoms with Crippen LogP contribution in [0.2, 0.25) is 0 Å². The number of hydrogen-bond acceptors (Lipinski definition) is 3. The van der Waals surface area contributed by atoms with Crippen molar-refractivity contribution in [1.29, 1.82) is 0 Å². The fourth-order valence-electron chi connectivity index (χ4n) is 4.75. The van der Waals surface area contributed by atoms with E-state index in [0.29, 0.717) is 25.8 Å². The molecule has 0 saturated heterocycles. The predicted octanol–water partition coefficient (Wildman–Crippen LogP) is 8.02. The number of rotatable bonds is 22. The Labute approximate surface area is 219 Å². The molecular formula is C31H50N2O3. The number of nitrogens with one attached hydrogen (secondary N) is 2. The quantitative estimate of drug-likeness (QED) is 0.127. The van der Waals surface area contributed by atoms with Gasteiger partial charge in [0, 0.05) is 29.9 Å². The van der Waals surface area contributed by atoms with Gasteiger partial charge in [-0.15, -0.1) is 0 Å². The highest BCUT2D eigenvalue weighted by Gasteiger charge is 2.08. The van der Waals surface area contributed by atoms with Gasteiger partial charge in [0.2, 0.25) is 5.91 Å². The highest BCUT2D eigenvalue weighted by atomic mass is 16.5. The zero-order chi connectivity index (χ0) is 25.7. The van der Waals surface area contributed by atoms with Crippen molar-refractivity contribution in [2.24, 2.45) is 0 Å². The Morgan fingerprint density at radius 3 is 2.00 bits per heavy atom. The largest absolute Gasteiger partial charge is 0.464 e. The van der Waals surface area contributed by atoms with Crippen LogP contribution >= 0.6 is 0 Å². The lowest BCUT2D eigenvalue weighted by atomic mass is 10.0. The molecule has 1 amide bonds. The summed E-state index contributed by atoms with van der Waals surface area (Å²) in [4.78, 5) is 27.2. The van der Waals surface area contributed by atoms with Crippen molar-refractivity contribution in [3.8, 4) is 0 Å². The number of H-pyrrole nitrogens is 1. The average Bonchev–Trinajstić information content (AvgIpc) is 3.31. The third kappa shape index (κ3) is 13.7. The molecule has 2 aromatic rings. The fourth-order valence-corrected chi connectivity index (χ4v) is 4.75. The molecular weight excluding hydrogens is 448 g/mol. The molecule has 0 aliphatic heterocycles. The molecule has 0 bridgehead atoms. The number of amides is 1. The van der Waals surface area contributed by atoms with Gasteiger partial charge in [-0.25, -0.2) is 0 Å². The van der Waals surface area contributed by atoms with Crippen molar-refractivity contribution in [3.05, 3.63) is 36.0 Å². The lowest BCUT2D eigenvalue weighted by molar-refractivity contribution is -0.143. The van der Waals surface area contributed by atoms with Gasteiger partial charge in [0.1, 0.15) is 6.61 Å². The number of aromatic nitrogens is 1. The van der Waals surface area contributed by atoms with E-state index in [1.807, 2.05) is 24.4 Å². The first kappa shape index (κ1) is 29.9. The van der Waals surface area contributed by atoms with Crippen molar-refractivity contribution < 1.29 is 14.3 Å². The van der Waals surface area contributed by atoms with Crippen LogP contribution in [0.4, 0.5) is 0 Å². The lowest BCUT2D eigenvalue weighted by Gasteiger charge is -2.07. The summed E-state index contributed by atoms with van der Waals surface area (Å²) in [6.07, 6.45) is 23.4. The predicted molar refractivity (Wildman–Crippen MR) is 150 cm³/mol. The zero-order valence-corrected chi connectivity index (χ0v) is 22.8. The Morgan fingerprint density at radius 1 is 0.778 bits per heavy atom. The van der Waals surface area contributed by atoms with Crippen molar-refractivity contribution >= 4 is 22.8 Å². The summed E-state index contributed by atoms with van der Waals surface area (Å²) < 4.78 is 5.27. The number of para-hydroxylation sites is 1. The fraction of sp³-hybridized carbons (Fsp3) is 0.677. The minimum Gasteiger partial charge on any atom is -0.464 e. The summed E-state index contributed by atoms with van der Waals surface area (Å²) in [5, 5.41) is 4.01. The van der Waals surface area contributed by atoms with E-state index in [4.69, 9.17) is 4.74 Å². The third-order valence-corrected chi connectivity index (χ3v) is 6.97. The Bertz CT molecular complexity index is 845. The smallest absolute Gasteiger partial charge is 0.306 e. The SMILES string of the molecule is CCCCCCCCCCCCCCCCCC(=O)NCCOC(=O)CCc1c[nH]c2ccccc12. The number of carbonyl (C=O) groups is 2. The highest BCUT2D eigenvalue weighted by molar-refractivity contribution is 5.83. The molecule has 5 heteroatoms. The van der Waals surface area contributed by atoms with Crippen LogP contribution in [0.5, 0.6) is 0 Å². The number of hydrogen-bond donors (Lipinski definition) is 2. The molecule has 36 heavy (non-hydrogen) atoms. The van der Waals surface area contributed by atoms with E-state index < -0.39 is 0 Å². The first-order chi connectivity index (χ1) is 17.7. The molecule has 0 spiro atoms. The summed E-state index contributed by atoms with van der Waals surface area (Å²) in [7, 11) is 0. The molecule has 1 heterocycles. The Balaban J connectivity index is 1.33. The van der Waals surface area contributed by atoms with Crippen molar-refractivity contribution in [2.45, 2.75) is 122 Å². The third-order valence-electron chi connectivity index (χ3n) is 6.97. The van der Waals surface area contributed by atoms with Crippen molar-refractivity contribution in [1.82, 2.24) is 10.3 Å². The molecule has 0 fully saturated rings. The van der Waals surface area contributed by atoms with Crippen LogP contribution in [0.1, 0.15) is 122 Å². The minimum absolute atomic E-state index is 0.0551. The van der Waals surface area contributed by atoms with E-state index >= 15 is 0 Å². The molecule has 202 valence electrons. The van der Waals surface area contributed by atoms with Crippen LogP contribution in [0.3, 0.4) is 0 Å². The first-order valence-electron chi connectivity index (χ1n) is 14.7. The molecule has 0 atom stereocenters. The second kappa shape index (κ2) is 19.8. The van der Waals surface area contributed by atoms with Gasteiger partial charge in [-0.3, -0.25) is 9.59 Å². The van der Waals surface area contributed by atoms with Crippen LogP contribution in [0.25, 0.3) is 10.9 Å². The van der Waals surface area contributed by atoms with E-state index in [-0.39, 0.29) is 18.5 Å². The van der Waals surface area contributed by atoms with Crippen molar-refractivity contribution in [3.63, 3.8) is 0 Å². The summed E-state index contributed by atoms with van der Waals surface area (Å²) in [6.45, 7) is 2.89. The molecule has 5 nitrogen and oxygen atoms in total. The summed E-state index contributed by atoms with van der Waals surface area (Å²) in [6, 6.07) is 8.07. The molecule has 1 aromatic heterocycles. The molecule has 0 saturated carbocycles. The van der Waals surface area contributed by atoms with E-state index in [1.165, 1.54) is 83.5 Å². The molecule has 2 rings (SSSR count). The van der Waals surface area contributed by atoms with Gasteiger partial charge in [0.05, 0.1) is 6.54 Å². The number of unbranched alkanes of at least 4 members (excludes halogenated alkanes) is 14. The van der Waals surface area contributed by atoms with Gasteiger partial charge >= 0.3 is 5.97 Å². The maximum absolute atomic E-state index is 12.0. The Kier molecular flexibility index (Phi) is 16.5. The van der Waals surface area contributed by atoms with Crippen LogP contribution in [-0.2, 0) is 20.7 Å². The normalized spacial score (nSPS) is 11.1. The molecule has 0 aliphatic carbocycles. The number of ether oxygens (including phenoxy) is 1. The minimum atomic E-state index is -0.225. The van der Waals surface area contributed by atoms with E-state index in [2.05, 4.69) is 23.3 Å². The van der Waals surface area contributed by atoms with Crippen molar-refractivity contribution in [2.75, 3.05) is 13.2 Å². The maximum atomic E-state index is 12.0. The second-order valence-electron chi connectivity index (χ2n) is 10.1. The maximum Gasteiger partial charge on any atom is 0.306 e. The number of benzene rings is 1. The summed E-state index contributed by atoms with van der Waals surface area (Å²) in [5.41, 5.74) is 2.21. The summed E-state index contributed by atoms with van der Waals surface area (Å²) >= 11 is 0. The van der Waals surface area contributed by atoms with Gasteiger partial charge < -0.3 is 15.0 Å². The van der Waals surface area contributed by atoms with Crippen LogP contribution < -0.4 is 5.32 Å². The van der Waals surface area contributed by atoms with Gasteiger partial charge in [-0.1, -0.05) is 115 Å². The topological polar surface area (TPSA) is 71.2 Å². The van der Waals surface area contributed by atoms with Gasteiger partial charge in [0.25, 0.3) is 0 Å². The van der Waals surface area contributed by atoms with E-state index in [9.17, 15) is 9.59 Å². The monoisotopic (exact) mass is 498 g/mol. The first-order valence-corrected chi connectivity index (χ1v) is 14.7. The van der Waals surface area contributed by atoms with E-state index in [0.717, 1.165) is 29.3 Å². The van der Waals surface area contributed by atoms with E-state index in [1.54, 1.807) is 0 Å². The molecule has 0 radical (unpaired) electrons.